The number of ether oxygens (including phenoxy) is 1. The fourth-order valence-corrected chi connectivity index (χ4v) is 2.04. The van der Waals surface area contributed by atoms with Gasteiger partial charge in [0.1, 0.15) is 17.0 Å². The number of benzene rings is 1. The van der Waals surface area contributed by atoms with Crippen molar-refractivity contribution in [2.24, 2.45) is 0 Å². The lowest BCUT2D eigenvalue weighted by Gasteiger charge is -2.23. The van der Waals surface area contributed by atoms with E-state index in [4.69, 9.17) is 4.74 Å². The normalized spacial score (nSPS) is 11.6. The van der Waals surface area contributed by atoms with Gasteiger partial charge >= 0.3 is 0 Å². The molecule has 0 unspecified atom stereocenters. The Bertz CT molecular complexity index is 648. The summed E-state index contributed by atoms with van der Waals surface area (Å²) in [6.07, 6.45) is 0. The van der Waals surface area contributed by atoms with Crippen LogP contribution < -0.4 is 5.56 Å². The molecule has 0 bridgehead atoms. The fourth-order valence-electron chi connectivity index (χ4n) is 2.04. The minimum atomic E-state index is -0.763. The van der Waals surface area contributed by atoms with Crippen LogP contribution >= 0.6 is 0 Å². The van der Waals surface area contributed by atoms with Crippen LogP contribution in [0.3, 0.4) is 0 Å². The zero-order valence-electron chi connectivity index (χ0n) is 11.8. The second kappa shape index (κ2) is 5.46. The van der Waals surface area contributed by atoms with Crippen molar-refractivity contribution in [3.8, 4) is 17.0 Å². The number of nitrogens with zero attached hydrogens (tertiary/aromatic N) is 1. The average Bonchev–Trinajstić information content (AvgIpc) is 2.39. The zero-order chi connectivity index (χ0) is 14.8. The molecular weight excluding hydrogens is 256 g/mol. The lowest BCUT2D eigenvalue weighted by atomic mass is 10.1. The predicted molar refractivity (Wildman–Crippen MR) is 76.6 cm³/mol. The summed E-state index contributed by atoms with van der Waals surface area (Å²) in [6, 6.07) is 8.94. The van der Waals surface area contributed by atoms with Crippen molar-refractivity contribution < 1.29 is 9.84 Å². The first-order chi connectivity index (χ1) is 9.45. The molecule has 0 saturated carbocycles. The average molecular weight is 274 g/mol. The van der Waals surface area contributed by atoms with E-state index in [2.05, 4.69) is 9.97 Å². The van der Waals surface area contributed by atoms with Crippen LogP contribution in [0.5, 0.6) is 5.88 Å². The molecule has 0 aliphatic heterocycles. The number of rotatable bonds is 4. The highest BCUT2D eigenvalue weighted by Gasteiger charge is 2.26. The quantitative estimate of drug-likeness (QED) is 0.897. The van der Waals surface area contributed by atoms with Gasteiger partial charge in [-0.05, 0) is 26.3 Å². The monoisotopic (exact) mass is 274 g/mol. The molecular formula is C15H18N2O3. The fraction of sp³-hybridized carbons (Fsp3) is 0.333. The third-order valence-corrected chi connectivity index (χ3v) is 3.04. The molecule has 1 heterocycles. The molecule has 5 nitrogen and oxygen atoms in total. The van der Waals surface area contributed by atoms with Gasteiger partial charge in [-0.3, -0.25) is 4.79 Å². The van der Waals surface area contributed by atoms with Gasteiger partial charge in [0.15, 0.2) is 0 Å². The van der Waals surface area contributed by atoms with Crippen LogP contribution in [-0.2, 0) is 10.3 Å². The van der Waals surface area contributed by atoms with Gasteiger partial charge in [-0.15, -0.1) is 0 Å². The highest BCUT2D eigenvalue weighted by Crippen LogP contribution is 2.27. The number of nitrogens with one attached hydrogen (secondary N) is 1. The molecule has 106 valence electrons. The molecule has 0 spiro atoms. The predicted octanol–water partition coefficient (Wildman–Crippen LogP) is 2.41. The second-order valence-electron chi connectivity index (χ2n) is 4.92. The van der Waals surface area contributed by atoms with Gasteiger partial charge in [0, 0.05) is 6.61 Å². The maximum Gasteiger partial charge on any atom is 0.262 e. The number of aromatic hydroxyl groups is 1. The Kier molecular flexibility index (Phi) is 3.90. The van der Waals surface area contributed by atoms with Crippen LogP contribution in [0.15, 0.2) is 35.1 Å². The van der Waals surface area contributed by atoms with Crippen molar-refractivity contribution in [3.63, 3.8) is 0 Å². The van der Waals surface area contributed by atoms with Crippen LogP contribution in [0.1, 0.15) is 26.6 Å². The molecule has 1 aromatic heterocycles. The lowest BCUT2D eigenvalue weighted by molar-refractivity contribution is -0.0213. The van der Waals surface area contributed by atoms with E-state index >= 15 is 0 Å². The second-order valence-corrected chi connectivity index (χ2v) is 4.92. The summed E-state index contributed by atoms with van der Waals surface area (Å²) in [5.41, 5.74) is -0.353. The summed E-state index contributed by atoms with van der Waals surface area (Å²) < 4.78 is 5.53. The molecule has 1 aromatic carbocycles. The molecule has 0 aliphatic rings. The maximum absolute atomic E-state index is 12.2. The molecule has 0 saturated heterocycles. The van der Waals surface area contributed by atoms with Crippen LogP contribution in [0, 0.1) is 0 Å². The molecule has 0 fully saturated rings. The van der Waals surface area contributed by atoms with E-state index < -0.39 is 5.60 Å². The highest BCUT2D eigenvalue weighted by atomic mass is 16.5. The summed E-state index contributed by atoms with van der Waals surface area (Å²) in [5.74, 6) is 0.0178. The first-order valence-corrected chi connectivity index (χ1v) is 6.49. The third-order valence-electron chi connectivity index (χ3n) is 3.04. The Hall–Kier alpha value is -2.14. The van der Waals surface area contributed by atoms with Crippen molar-refractivity contribution in [2.75, 3.05) is 6.61 Å². The Labute approximate surface area is 117 Å². The minimum Gasteiger partial charge on any atom is -0.493 e. The van der Waals surface area contributed by atoms with Gasteiger partial charge in [-0.2, -0.15) is 4.98 Å². The topological polar surface area (TPSA) is 75.2 Å². The largest absolute Gasteiger partial charge is 0.493 e. The molecule has 20 heavy (non-hydrogen) atoms. The van der Waals surface area contributed by atoms with Gasteiger partial charge < -0.3 is 14.8 Å². The molecule has 2 rings (SSSR count). The molecule has 0 radical (unpaired) electrons. The molecule has 2 N–H and O–H groups in total. The van der Waals surface area contributed by atoms with Crippen LogP contribution in [0.25, 0.3) is 11.1 Å². The lowest BCUT2D eigenvalue weighted by Crippen LogP contribution is -2.28. The summed E-state index contributed by atoms with van der Waals surface area (Å²) in [5, 5.41) is 10.1. The number of aromatic nitrogens is 2. The number of hydrogen-bond acceptors (Lipinski definition) is 4. The SMILES string of the molecule is CCOC(C)(C)c1nc(O)c(-c2ccccc2)c(=O)[nH]1. The van der Waals surface area contributed by atoms with Crippen molar-refractivity contribution in [1.29, 1.82) is 0 Å². The number of aromatic amines is 1. The van der Waals surface area contributed by atoms with Gasteiger partial charge in [-0.1, -0.05) is 30.3 Å². The van der Waals surface area contributed by atoms with E-state index in [-0.39, 0.29) is 17.0 Å². The van der Waals surface area contributed by atoms with Gasteiger partial charge in [0.05, 0.1) is 0 Å². The molecule has 5 heteroatoms. The summed E-state index contributed by atoms with van der Waals surface area (Å²) >= 11 is 0. The Morgan fingerprint density at radius 2 is 1.95 bits per heavy atom. The smallest absolute Gasteiger partial charge is 0.262 e. The molecule has 0 aliphatic carbocycles. The Morgan fingerprint density at radius 3 is 2.50 bits per heavy atom. The van der Waals surface area contributed by atoms with Gasteiger partial charge in [0.2, 0.25) is 5.88 Å². The summed E-state index contributed by atoms with van der Waals surface area (Å²) in [7, 11) is 0. The van der Waals surface area contributed by atoms with Crippen molar-refractivity contribution >= 4 is 0 Å². The zero-order valence-corrected chi connectivity index (χ0v) is 11.8. The van der Waals surface area contributed by atoms with Gasteiger partial charge in [-0.25, -0.2) is 0 Å². The van der Waals surface area contributed by atoms with Crippen molar-refractivity contribution in [1.82, 2.24) is 9.97 Å². The first-order valence-electron chi connectivity index (χ1n) is 6.49. The summed E-state index contributed by atoms with van der Waals surface area (Å²) in [4.78, 5) is 19.0. The standard InChI is InChI=1S/C15H18N2O3/c1-4-20-15(2,3)14-16-12(18)11(13(19)17-14)10-8-6-5-7-9-10/h5-9H,4H2,1-3H3,(H2,16,17,18,19). The van der Waals surface area contributed by atoms with Crippen LogP contribution in [0.2, 0.25) is 0 Å². The van der Waals surface area contributed by atoms with E-state index in [0.29, 0.717) is 18.0 Å². The molecule has 0 atom stereocenters. The van der Waals surface area contributed by atoms with Crippen LogP contribution in [-0.4, -0.2) is 21.7 Å². The van der Waals surface area contributed by atoms with Crippen molar-refractivity contribution in [2.45, 2.75) is 26.4 Å². The van der Waals surface area contributed by atoms with E-state index in [0.717, 1.165) is 0 Å². The molecule has 0 amide bonds. The maximum atomic E-state index is 12.2. The Morgan fingerprint density at radius 1 is 1.30 bits per heavy atom. The first kappa shape index (κ1) is 14.3. The summed E-state index contributed by atoms with van der Waals surface area (Å²) in [6.45, 7) is 5.92. The molecule has 2 aromatic rings. The van der Waals surface area contributed by atoms with Crippen LogP contribution in [0.4, 0.5) is 0 Å². The van der Waals surface area contributed by atoms with E-state index in [1.807, 2.05) is 13.0 Å². The Balaban J connectivity index is 2.53. The van der Waals surface area contributed by atoms with Gasteiger partial charge in [0.25, 0.3) is 5.56 Å². The van der Waals surface area contributed by atoms with Crippen molar-refractivity contribution in [3.05, 3.63) is 46.5 Å². The van der Waals surface area contributed by atoms with E-state index in [1.54, 1.807) is 38.1 Å². The van der Waals surface area contributed by atoms with E-state index in [9.17, 15) is 9.90 Å². The minimum absolute atomic E-state index is 0.168. The van der Waals surface area contributed by atoms with E-state index in [1.165, 1.54) is 0 Å². The highest BCUT2D eigenvalue weighted by molar-refractivity contribution is 5.66. The third kappa shape index (κ3) is 2.72. The number of H-pyrrole nitrogens is 1. The number of hydrogen-bond donors (Lipinski definition) is 2.